The number of nitrogens with one attached hydrogen (secondary N) is 1. The van der Waals surface area contributed by atoms with Crippen LogP contribution >= 0.6 is 11.3 Å². The zero-order valence-corrected chi connectivity index (χ0v) is 14.0. The second-order valence-corrected chi connectivity index (χ2v) is 6.10. The van der Waals surface area contributed by atoms with E-state index < -0.39 is 0 Å². The Morgan fingerprint density at radius 1 is 1.05 bits per heavy atom. The van der Waals surface area contributed by atoms with E-state index in [1.165, 1.54) is 16.0 Å². The highest BCUT2D eigenvalue weighted by Gasteiger charge is 2.07. The van der Waals surface area contributed by atoms with E-state index in [1.807, 2.05) is 6.20 Å². The zero-order valence-electron chi connectivity index (χ0n) is 13.2. The first-order valence-corrected chi connectivity index (χ1v) is 8.57. The molecule has 0 unspecified atom stereocenters. The van der Waals surface area contributed by atoms with Crippen molar-refractivity contribution < 1.29 is 0 Å². The van der Waals surface area contributed by atoms with Crippen molar-refractivity contribution in [1.29, 1.82) is 0 Å². The SMILES string of the molecule is CCc1ccccc1CNCc1cnc(N(CC)CC)s1. The Bertz CT molecular complexity index is 546. The number of benzene rings is 1. The first kappa shape index (κ1) is 16.0. The number of nitrogens with zero attached hydrogens (tertiary/aromatic N) is 2. The maximum Gasteiger partial charge on any atom is 0.185 e. The molecule has 114 valence electrons. The molecule has 1 heterocycles. The second kappa shape index (κ2) is 8.15. The van der Waals surface area contributed by atoms with Crippen LogP contribution in [-0.2, 0) is 19.5 Å². The number of hydrogen-bond acceptors (Lipinski definition) is 4. The lowest BCUT2D eigenvalue weighted by atomic mass is 10.1. The molecule has 3 nitrogen and oxygen atoms in total. The summed E-state index contributed by atoms with van der Waals surface area (Å²) in [6.07, 6.45) is 3.08. The van der Waals surface area contributed by atoms with Crippen molar-refractivity contribution in [3.8, 4) is 0 Å². The van der Waals surface area contributed by atoms with Crippen LogP contribution in [0, 0.1) is 0 Å². The topological polar surface area (TPSA) is 28.2 Å². The van der Waals surface area contributed by atoms with E-state index in [-0.39, 0.29) is 0 Å². The van der Waals surface area contributed by atoms with Gasteiger partial charge in [-0.05, 0) is 31.4 Å². The summed E-state index contributed by atoms with van der Waals surface area (Å²) in [5.41, 5.74) is 2.83. The summed E-state index contributed by atoms with van der Waals surface area (Å²) < 4.78 is 0. The highest BCUT2D eigenvalue weighted by Crippen LogP contribution is 2.22. The van der Waals surface area contributed by atoms with Crippen LogP contribution in [0.5, 0.6) is 0 Å². The van der Waals surface area contributed by atoms with Gasteiger partial charge in [0, 0.05) is 37.3 Å². The Kier molecular flexibility index (Phi) is 6.21. The third kappa shape index (κ3) is 4.29. The molecule has 0 atom stereocenters. The standard InChI is InChI=1S/C17H25N3S/c1-4-14-9-7-8-10-15(14)11-18-12-16-13-19-17(21-16)20(5-2)6-3/h7-10,13,18H,4-6,11-12H2,1-3H3. The lowest BCUT2D eigenvalue weighted by Crippen LogP contribution is -2.21. The van der Waals surface area contributed by atoms with Crippen molar-refractivity contribution in [2.24, 2.45) is 0 Å². The summed E-state index contributed by atoms with van der Waals surface area (Å²) >= 11 is 1.79. The van der Waals surface area contributed by atoms with Crippen LogP contribution < -0.4 is 10.2 Å². The summed E-state index contributed by atoms with van der Waals surface area (Å²) in [4.78, 5) is 8.11. The average Bonchev–Trinajstić information content (AvgIpc) is 2.98. The fourth-order valence-corrected chi connectivity index (χ4v) is 3.42. The molecule has 0 saturated carbocycles. The van der Waals surface area contributed by atoms with E-state index in [1.54, 1.807) is 11.3 Å². The van der Waals surface area contributed by atoms with Gasteiger partial charge in [0.05, 0.1) is 0 Å². The molecule has 0 bridgehead atoms. The van der Waals surface area contributed by atoms with E-state index >= 15 is 0 Å². The maximum absolute atomic E-state index is 4.52. The van der Waals surface area contributed by atoms with Gasteiger partial charge in [-0.3, -0.25) is 0 Å². The molecule has 0 aliphatic carbocycles. The summed E-state index contributed by atoms with van der Waals surface area (Å²) in [6.45, 7) is 10.4. The van der Waals surface area contributed by atoms with Crippen molar-refractivity contribution in [1.82, 2.24) is 10.3 Å². The van der Waals surface area contributed by atoms with Gasteiger partial charge in [0.15, 0.2) is 5.13 Å². The van der Waals surface area contributed by atoms with Crippen molar-refractivity contribution in [3.63, 3.8) is 0 Å². The third-order valence-electron chi connectivity index (χ3n) is 3.69. The number of rotatable bonds is 8. The molecular formula is C17H25N3S. The van der Waals surface area contributed by atoms with Gasteiger partial charge in [-0.15, -0.1) is 11.3 Å². The molecule has 21 heavy (non-hydrogen) atoms. The van der Waals surface area contributed by atoms with Crippen LogP contribution in [-0.4, -0.2) is 18.1 Å². The average molecular weight is 303 g/mol. The first-order valence-electron chi connectivity index (χ1n) is 7.75. The maximum atomic E-state index is 4.52. The quantitative estimate of drug-likeness (QED) is 0.803. The lowest BCUT2D eigenvalue weighted by Gasteiger charge is -2.16. The van der Waals surface area contributed by atoms with Crippen LogP contribution in [0.1, 0.15) is 36.8 Å². The molecule has 0 radical (unpaired) electrons. The van der Waals surface area contributed by atoms with Gasteiger partial charge in [0.1, 0.15) is 0 Å². The number of aromatic nitrogens is 1. The Balaban J connectivity index is 1.89. The number of anilines is 1. The van der Waals surface area contributed by atoms with Crippen LogP contribution in [0.25, 0.3) is 0 Å². The number of thiazole rings is 1. The monoisotopic (exact) mass is 303 g/mol. The minimum Gasteiger partial charge on any atom is -0.349 e. The Morgan fingerprint density at radius 2 is 1.76 bits per heavy atom. The van der Waals surface area contributed by atoms with Crippen LogP contribution in [0.15, 0.2) is 30.5 Å². The minimum atomic E-state index is 0.886. The Labute approximate surface area is 132 Å². The molecule has 1 aromatic carbocycles. The molecular weight excluding hydrogens is 278 g/mol. The molecule has 2 rings (SSSR count). The molecule has 0 spiro atoms. The molecule has 0 aliphatic heterocycles. The summed E-state index contributed by atoms with van der Waals surface area (Å²) in [5.74, 6) is 0. The van der Waals surface area contributed by atoms with Gasteiger partial charge in [-0.2, -0.15) is 0 Å². The Hall–Kier alpha value is -1.39. The largest absolute Gasteiger partial charge is 0.349 e. The number of hydrogen-bond donors (Lipinski definition) is 1. The molecule has 1 aromatic heterocycles. The van der Waals surface area contributed by atoms with Gasteiger partial charge < -0.3 is 10.2 Å². The summed E-state index contributed by atoms with van der Waals surface area (Å²) in [6, 6.07) is 8.64. The normalized spacial score (nSPS) is 10.8. The predicted molar refractivity (Wildman–Crippen MR) is 92.0 cm³/mol. The fourth-order valence-electron chi connectivity index (χ4n) is 2.41. The van der Waals surface area contributed by atoms with Gasteiger partial charge in [0.25, 0.3) is 0 Å². The highest BCUT2D eigenvalue weighted by molar-refractivity contribution is 7.15. The van der Waals surface area contributed by atoms with E-state index in [2.05, 4.69) is 60.2 Å². The molecule has 0 fully saturated rings. The van der Waals surface area contributed by atoms with E-state index in [9.17, 15) is 0 Å². The molecule has 0 saturated heterocycles. The van der Waals surface area contributed by atoms with E-state index in [4.69, 9.17) is 0 Å². The smallest absolute Gasteiger partial charge is 0.185 e. The second-order valence-electron chi connectivity index (χ2n) is 5.01. The molecule has 2 aromatic rings. The summed E-state index contributed by atoms with van der Waals surface area (Å²) in [5, 5.41) is 4.66. The van der Waals surface area contributed by atoms with Crippen LogP contribution in [0.2, 0.25) is 0 Å². The van der Waals surface area contributed by atoms with Gasteiger partial charge in [-0.25, -0.2) is 4.98 Å². The lowest BCUT2D eigenvalue weighted by molar-refractivity contribution is 0.694. The van der Waals surface area contributed by atoms with Crippen LogP contribution in [0.4, 0.5) is 5.13 Å². The van der Waals surface area contributed by atoms with Crippen molar-refractivity contribution in [2.75, 3.05) is 18.0 Å². The van der Waals surface area contributed by atoms with Crippen LogP contribution in [0.3, 0.4) is 0 Å². The molecule has 0 amide bonds. The molecule has 1 N–H and O–H groups in total. The number of aryl methyl sites for hydroxylation is 1. The van der Waals surface area contributed by atoms with Crippen molar-refractivity contribution in [3.05, 3.63) is 46.5 Å². The van der Waals surface area contributed by atoms with Crippen molar-refractivity contribution >= 4 is 16.5 Å². The first-order chi connectivity index (χ1) is 10.3. The third-order valence-corrected chi connectivity index (χ3v) is 4.75. The highest BCUT2D eigenvalue weighted by atomic mass is 32.1. The molecule has 4 heteroatoms. The molecule has 0 aliphatic rings. The van der Waals surface area contributed by atoms with Crippen molar-refractivity contribution in [2.45, 2.75) is 40.3 Å². The van der Waals surface area contributed by atoms with Gasteiger partial charge in [0.2, 0.25) is 0 Å². The summed E-state index contributed by atoms with van der Waals surface area (Å²) in [7, 11) is 0. The predicted octanol–water partition coefficient (Wildman–Crippen LogP) is 3.84. The van der Waals surface area contributed by atoms with Gasteiger partial charge >= 0.3 is 0 Å². The fraction of sp³-hybridized carbons (Fsp3) is 0.471. The Morgan fingerprint density at radius 3 is 2.43 bits per heavy atom. The van der Waals surface area contributed by atoms with E-state index in [0.717, 1.165) is 37.7 Å². The van der Waals surface area contributed by atoms with E-state index in [0.29, 0.717) is 0 Å². The minimum absolute atomic E-state index is 0.886. The zero-order chi connectivity index (χ0) is 15.1. The van der Waals surface area contributed by atoms with Gasteiger partial charge in [-0.1, -0.05) is 31.2 Å².